The van der Waals surface area contributed by atoms with E-state index in [0.29, 0.717) is 38.9 Å². The molecule has 134 valence electrons. The molecule has 0 saturated heterocycles. The van der Waals surface area contributed by atoms with Crippen LogP contribution in [0.2, 0.25) is 5.02 Å². The second-order valence-electron chi connectivity index (χ2n) is 6.19. The van der Waals surface area contributed by atoms with Gasteiger partial charge >= 0.3 is 0 Å². The highest BCUT2D eigenvalue weighted by Crippen LogP contribution is 2.42. The van der Waals surface area contributed by atoms with Crippen molar-refractivity contribution in [2.24, 2.45) is 0 Å². The standard InChI is InChI=1S/C19H16ClNO4S/c1-10-12-7-16(24-2)17(25-3)8-15(12)21-19-13-6-11(20)4-5-18(13)26(22,23)9-14(10)19/h4-8H,9H2,1-3H3. The number of aromatic nitrogens is 1. The molecule has 7 heteroatoms. The summed E-state index contributed by atoms with van der Waals surface area (Å²) in [5, 5.41) is 1.31. The summed E-state index contributed by atoms with van der Waals surface area (Å²) in [4.78, 5) is 5.01. The number of methoxy groups -OCH3 is 2. The lowest BCUT2D eigenvalue weighted by Gasteiger charge is -2.23. The van der Waals surface area contributed by atoms with Gasteiger partial charge in [0.15, 0.2) is 21.3 Å². The third-order valence-electron chi connectivity index (χ3n) is 4.74. The van der Waals surface area contributed by atoms with Gasteiger partial charge in [0.05, 0.1) is 36.1 Å². The van der Waals surface area contributed by atoms with Crippen LogP contribution < -0.4 is 9.47 Å². The van der Waals surface area contributed by atoms with Gasteiger partial charge in [-0.2, -0.15) is 0 Å². The van der Waals surface area contributed by atoms with Gasteiger partial charge in [-0.05, 0) is 42.3 Å². The summed E-state index contributed by atoms with van der Waals surface area (Å²) in [6.45, 7) is 1.90. The van der Waals surface area contributed by atoms with Crippen molar-refractivity contribution in [2.75, 3.05) is 14.2 Å². The third-order valence-corrected chi connectivity index (χ3v) is 6.67. The van der Waals surface area contributed by atoms with Crippen LogP contribution in [0.3, 0.4) is 0 Å². The number of nitrogens with zero attached hydrogens (tertiary/aromatic N) is 1. The van der Waals surface area contributed by atoms with Gasteiger partial charge in [-0.1, -0.05) is 11.6 Å². The zero-order valence-corrected chi connectivity index (χ0v) is 16.0. The Balaban J connectivity index is 2.12. The molecule has 1 aliphatic heterocycles. The van der Waals surface area contributed by atoms with Crippen LogP contribution in [-0.4, -0.2) is 27.6 Å². The topological polar surface area (TPSA) is 65.5 Å². The first-order valence-electron chi connectivity index (χ1n) is 7.93. The molecule has 0 bridgehead atoms. The highest BCUT2D eigenvalue weighted by atomic mass is 35.5. The molecular weight excluding hydrogens is 374 g/mol. The molecule has 4 rings (SSSR count). The predicted octanol–water partition coefficient (Wildman–Crippen LogP) is 4.17. The number of aryl methyl sites for hydroxylation is 1. The molecule has 0 fully saturated rings. The molecule has 26 heavy (non-hydrogen) atoms. The van der Waals surface area contributed by atoms with Crippen molar-refractivity contribution in [3.8, 4) is 22.8 Å². The highest BCUT2D eigenvalue weighted by molar-refractivity contribution is 7.90. The fraction of sp³-hybridized carbons (Fsp3) is 0.211. The Bertz CT molecular complexity index is 1170. The first-order valence-corrected chi connectivity index (χ1v) is 9.96. The Labute approximate surface area is 156 Å². The maximum absolute atomic E-state index is 12.7. The van der Waals surface area contributed by atoms with Gasteiger partial charge in [0.2, 0.25) is 0 Å². The van der Waals surface area contributed by atoms with E-state index >= 15 is 0 Å². The normalized spacial score (nSPS) is 14.6. The maximum atomic E-state index is 12.7. The van der Waals surface area contributed by atoms with E-state index in [2.05, 4.69) is 0 Å². The number of hydrogen-bond acceptors (Lipinski definition) is 5. The average molecular weight is 390 g/mol. The zero-order chi connectivity index (χ0) is 18.6. The Morgan fingerprint density at radius 2 is 1.77 bits per heavy atom. The molecule has 0 unspecified atom stereocenters. The van der Waals surface area contributed by atoms with Crippen LogP contribution in [0.5, 0.6) is 11.5 Å². The van der Waals surface area contributed by atoms with E-state index in [9.17, 15) is 8.42 Å². The number of halogens is 1. The first-order chi connectivity index (χ1) is 12.4. The minimum atomic E-state index is -3.45. The average Bonchev–Trinajstić information content (AvgIpc) is 2.61. The monoisotopic (exact) mass is 389 g/mol. The quantitative estimate of drug-likeness (QED) is 0.658. The van der Waals surface area contributed by atoms with E-state index in [4.69, 9.17) is 26.1 Å². The Kier molecular flexibility index (Phi) is 3.86. The molecule has 1 aromatic heterocycles. The van der Waals surface area contributed by atoms with Crippen molar-refractivity contribution in [1.82, 2.24) is 4.98 Å². The SMILES string of the molecule is COc1cc2nc3c(c(C)c2cc1OC)CS(=O)(=O)c1ccc(Cl)cc1-3. The van der Waals surface area contributed by atoms with Gasteiger partial charge in [0.25, 0.3) is 0 Å². The van der Waals surface area contributed by atoms with Gasteiger partial charge in [-0.3, -0.25) is 0 Å². The van der Waals surface area contributed by atoms with Crippen molar-refractivity contribution in [3.05, 3.63) is 46.5 Å². The van der Waals surface area contributed by atoms with Crippen molar-refractivity contribution in [1.29, 1.82) is 0 Å². The van der Waals surface area contributed by atoms with E-state index in [1.165, 1.54) is 0 Å². The van der Waals surface area contributed by atoms with Crippen molar-refractivity contribution in [3.63, 3.8) is 0 Å². The number of fused-ring (bicyclic) bond motifs is 4. The molecule has 5 nitrogen and oxygen atoms in total. The Morgan fingerprint density at radius 3 is 2.46 bits per heavy atom. The van der Waals surface area contributed by atoms with Crippen LogP contribution >= 0.6 is 11.6 Å². The Hall–Kier alpha value is -2.31. The summed E-state index contributed by atoms with van der Waals surface area (Å²) < 4.78 is 36.2. The molecule has 1 aliphatic rings. The van der Waals surface area contributed by atoms with Gasteiger partial charge in [0, 0.05) is 22.0 Å². The first kappa shape index (κ1) is 17.1. The van der Waals surface area contributed by atoms with E-state index < -0.39 is 9.84 Å². The van der Waals surface area contributed by atoms with Crippen molar-refractivity contribution < 1.29 is 17.9 Å². The smallest absolute Gasteiger partial charge is 0.183 e. The molecule has 0 spiro atoms. The minimum Gasteiger partial charge on any atom is -0.493 e. The number of sulfone groups is 1. The largest absolute Gasteiger partial charge is 0.493 e. The number of hydrogen-bond donors (Lipinski definition) is 0. The van der Waals surface area contributed by atoms with Crippen LogP contribution in [0, 0.1) is 6.92 Å². The summed E-state index contributed by atoms with van der Waals surface area (Å²) >= 11 is 6.12. The predicted molar refractivity (Wildman–Crippen MR) is 101 cm³/mol. The third kappa shape index (κ3) is 2.44. The molecule has 0 atom stereocenters. The lowest BCUT2D eigenvalue weighted by atomic mass is 9.98. The minimum absolute atomic E-state index is 0.0833. The van der Waals surface area contributed by atoms with E-state index in [-0.39, 0.29) is 10.6 Å². The summed E-state index contributed by atoms with van der Waals surface area (Å²) in [7, 11) is -0.317. The van der Waals surface area contributed by atoms with Crippen LogP contribution in [0.15, 0.2) is 35.2 Å². The molecule has 3 aromatic rings. The molecule has 0 saturated carbocycles. The molecular formula is C19H16ClNO4S. The van der Waals surface area contributed by atoms with Gasteiger partial charge in [0.1, 0.15) is 0 Å². The number of rotatable bonds is 2. The molecule has 0 N–H and O–H groups in total. The fourth-order valence-corrected chi connectivity index (χ4v) is 5.24. The summed E-state index contributed by atoms with van der Waals surface area (Å²) in [5.74, 6) is 1.06. The number of benzene rings is 2. The van der Waals surface area contributed by atoms with Crippen LogP contribution in [-0.2, 0) is 15.6 Å². The van der Waals surface area contributed by atoms with Crippen molar-refractivity contribution >= 4 is 32.3 Å². The molecule has 2 aromatic carbocycles. The molecule has 0 amide bonds. The molecule has 0 radical (unpaired) electrons. The fourth-order valence-electron chi connectivity index (χ4n) is 3.41. The van der Waals surface area contributed by atoms with Crippen LogP contribution in [0.4, 0.5) is 0 Å². The van der Waals surface area contributed by atoms with E-state index in [0.717, 1.165) is 10.9 Å². The molecule has 2 heterocycles. The highest BCUT2D eigenvalue weighted by Gasteiger charge is 2.31. The number of pyridine rings is 1. The van der Waals surface area contributed by atoms with Gasteiger partial charge < -0.3 is 9.47 Å². The van der Waals surface area contributed by atoms with E-state index in [1.54, 1.807) is 38.5 Å². The van der Waals surface area contributed by atoms with Gasteiger partial charge in [-0.25, -0.2) is 13.4 Å². The maximum Gasteiger partial charge on any atom is 0.183 e. The number of ether oxygens (including phenoxy) is 2. The summed E-state index contributed by atoms with van der Waals surface area (Å²) in [6.07, 6.45) is 0. The van der Waals surface area contributed by atoms with Crippen LogP contribution in [0.25, 0.3) is 22.2 Å². The molecule has 0 aliphatic carbocycles. The lowest BCUT2D eigenvalue weighted by Crippen LogP contribution is -2.15. The van der Waals surface area contributed by atoms with Crippen LogP contribution in [0.1, 0.15) is 11.1 Å². The lowest BCUT2D eigenvalue weighted by molar-refractivity contribution is 0.356. The second-order valence-corrected chi connectivity index (χ2v) is 8.58. The second kappa shape index (κ2) is 5.86. The van der Waals surface area contributed by atoms with E-state index in [1.807, 2.05) is 13.0 Å². The van der Waals surface area contributed by atoms with Gasteiger partial charge in [-0.15, -0.1) is 0 Å². The summed E-state index contributed by atoms with van der Waals surface area (Å²) in [5.41, 5.74) is 3.46. The Morgan fingerprint density at radius 1 is 1.08 bits per heavy atom. The zero-order valence-electron chi connectivity index (χ0n) is 14.5. The van der Waals surface area contributed by atoms with Crippen molar-refractivity contribution in [2.45, 2.75) is 17.6 Å². The summed E-state index contributed by atoms with van der Waals surface area (Å²) in [6, 6.07) is 8.42.